The number of hydrogen-bond donors (Lipinski definition) is 1. The fraction of sp³-hybridized carbons (Fsp3) is 0.455. The van der Waals surface area contributed by atoms with Crippen molar-refractivity contribution in [2.75, 3.05) is 0 Å². The van der Waals surface area contributed by atoms with Crippen LogP contribution in [0.1, 0.15) is 37.4 Å². The lowest BCUT2D eigenvalue weighted by atomic mass is 10.1. The molecular weight excluding hydrogens is 164 g/mol. The van der Waals surface area contributed by atoms with Gasteiger partial charge in [0.25, 0.3) is 0 Å². The fourth-order valence-corrected chi connectivity index (χ4v) is 1.11. The molecule has 0 bridgehead atoms. The van der Waals surface area contributed by atoms with Gasteiger partial charge in [-0.2, -0.15) is 0 Å². The van der Waals surface area contributed by atoms with E-state index < -0.39 is 6.10 Å². The zero-order valence-corrected chi connectivity index (χ0v) is 8.00. The van der Waals surface area contributed by atoms with E-state index in [1.54, 1.807) is 13.0 Å². The molecule has 0 fully saturated rings. The van der Waals surface area contributed by atoms with E-state index in [1.165, 1.54) is 0 Å². The minimum atomic E-state index is -0.519. The summed E-state index contributed by atoms with van der Waals surface area (Å²) in [6.07, 6.45) is 0.820. The lowest BCUT2D eigenvalue weighted by Gasteiger charge is -2.03. The van der Waals surface area contributed by atoms with Gasteiger partial charge in [-0.3, -0.25) is 0 Å². The Morgan fingerprint density at radius 1 is 1.54 bits per heavy atom. The van der Waals surface area contributed by atoms with Crippen LogP contribution in [0.2, 0.25) is 0 Å². The molecule has 0 radical (unpaired) electrons. The molecule has 0 aliphatic carbocycles. The normalized spacial score (nSPS) is 11.9. The number of hydrogen-bond acceptors (Lipinski definition) is 2. The third kappa shape index (κ3) is 2.96. The maximum absolute atomic E-state index is 9.60. The Bertz CT molecular complexity index is 314. The maximum atomic E-state index is 9.60. The van der Waals surface area contributed by atoms with Crippen LogP contribution in [0.5, 0.6) is 0 Å². The maximum Gasteiger partial charge on any atom is 0.132 e. The van der Waals surface area contributed by atoms with Crippen LogP contribution in [0, 0.1) is 18.8 Å². The van der Waals surface area contributed by atoms with Crippen molar-refractivity contribution in [1.29, 1.82) is 0 Å². The molecule has 1 heterocycles. The van der Waals surface area contributed by atoms with Crippen LogP contribution in [-0.2, 0) is 0 Å². The zero-order chi connectivity index (χ0) is 9.68. The van der Waals surface area contributed by atoms with E-state index in [1.807, 2.05) is 13.0 Å². The van der Waals surface area contributed by atoms with Crippen molar-refractivity contribution in [3.8, 4) is 11.8 Å². The second-order valence-electron chi connectivity index (χ2n) is 2.93. The highest BCUT2D eigenvalue weighted by molar-refractivity contribution is 5.08. The molecule has 13 heavy (non-hydrogen) atoms. The van der Waals surface area contributed by atoms with Crippen LogP contribution in [-0.4, -0.2) is 5.11 Å². The molecular formula is C11H14O2. The van der Waals surface area contributed by atoms with Crippen molar-refractivity contribution in [3.63, 3.8) is 0 Å². The lowest BCUT2D eigenvalue weighted by molar-refractivity contribution is 0.140. The Balaban J connectivity index is 2.47. The van der Waals surface area contributed by atoms with E-state index in [4.69, 9.17) is 4.42 Å². The van der Waals surface area contributed by atoms with Gasteiger partial charge in [-0.1, -0.05) is 0 Å². The predicted octanol–water partition coefficient (Wildman–Crippen LogP) is 2.42. The molecule has 1 aromatic rings. The largest absolute Gasteiger partial charge is 0.464 e. The molecule has 1 atom stereocenters. The highest BCUT2D eigenvalue weighted by Gasteiger charge is 2.09. The second-order valence-corrected chi connectivity index (χ2v) is 2.93. The highest BCUT2D eigenvalue weighted by Crippen LogP contribution is 2.19. The molecule has 0 spiro atoms. The summed E-state index contributed by atoms with van der Waals surface area (Å²) in [5.41, 5.74) is 0. The van der Waals surface area contributed by atoms with E-state index in [0.29, 0.717) is 18.6 Å². The second kappa shape index (κ2) is 4.74. The number of furan rings is 1. The van der Waals surface area contributed by atoms with Gasteiger partial charge in [-0.05, 0) is 32.4 Å². The van der Waals surface area contributed by atoms with Crippen LogP contribution in [0.25, 0.3) is 0 Å². The van der Waals surface area contributed by atoms with Crippen molar-refractivity contribution in [2.45, 2.75) is 32.8 Å². The van der Waals surface area contributed by atoms with Crippen molar-refractivity contribution in [2.24, 2.45) is 0 Å². The first-order valence-electron chi connectivity index (χ1n) is 4.38. The Hall–Kier alpha value is -1.20. The average molecular weight is 178 g/mol. The summed E-state index contributed by atoms with van der Waals surface area (Å²) >= 11 is 0. The third-order valence-corrected chi connectivity index (χ3v) is 1.81. The monoisotopic (exact) mass is 178 g/mol. The van der Waals surface area contributed by atoms with Gasteiger partial charge in [0.05, 0.1) is 0 Å². The van der Waals surface area contributed by atoms with Crippen LogP contribution >= 0.6 is 0 Å². The van der Waals surface area contributed by atoms with Gasteiger partial charge in [0.1, 0.15) is 17.6 Å². The molecule has 0 aliphatic heterocycles. The van der Waals surface area contributed by atoms with Crippen molar-refractivity contribution in [1.82, 2.24) is 0 Å². The third-order valence-electron chi connectivity index (χ3n) is 1.81. The first-order chi connectivity index (χ1) is 6.24. The Morgan fingerprint density at radius 2 is 2.31 bits per heavy atom. The first kappa shape index (κ1) is 9.88. The molecule has 1 N–H and O–H groups in total. The van der Waals surface area contributed by atoms with Crippen molar-refractivity contribution < 1.29 is 9.52 Å². The van der Waals surface area contributed by atoms with Crippen molar-refractivity contribution in [3.05, 3.63) is 23.7 Å². The summed E-state index contributed by atoms with van der Waals surface area (Å²) < 4.78 is 5.28. The fourth-order valence-electron chi connectivity index (χ4n) is 1.11. The smallest absolute Gasteiger partial charge is 0.132 e. The number of aryl methyl sites for hydroxylation is 1. The minimum absolute atomic E-state index is 0.519. The number of rotatable bonds is 3. The van der Waals surface area contributed by atoms with Gasteiger partial charge in [0.15, 0.2) is 0 Å². The molecule has 1 unspecified atom stereocenters. The zero-order valence-electron chi connectivity index (χ0n) is 8.00. The summed E-state index contributed by atoms with van der Waals surface area (Å²) in [5, 5.41) is 9.60. The van der Waals surface area contributed by atoms with E-state index in [-0.39, 0.29) is 0 Å². The van der Waals surface area contributed by atoms with Gasteiger partial charge < -0.3 is 9.52 Å². The summed E-state index contributed by atoms with van der Waals surface area (Å²) in [6, 6.07) is 3.66. The molecule has 0 amide bonds. The molecule has 2 nitrogen and oxygen atoms in total. The van der Waals surface area contributed by atoms with Crippen LogP contribution in [0.4, 0.5) is 0 Å². The molecule has 0 aliphatic rings. The Labute approximate surface area is 78.6 Å². The summed E-state index contributed by atoms with van der Waals surface area (Å²) in [5.74, 6) is 7.16. The van der Waals surface area contributed by atoms with E-state index >= 15 is 0 Å². The standard InChI is InChI=1S/C11H14O2/c1-3-4-5-6-10(12)11-8-7-9(2)13-11/h7-8,10,12H,5-6H2,1-2H3. The van der Waals surface area contributed by atoms with E-state index in [0.717, 1.165) is 5.76 Å². The SMILES string of the molecule is CC#CCCC(O)c1ccc(C)o1. The lowest BCUT2D eigenvalue weighted by Crippen LogP contribution is -1.94. The number of aliphatic hydroxyl groups excluding tert-OH is 1. The van der Waals surface area contributed by atoms with E-state index in [9.17, 15) is 5.11 Å². The minimum Gasteiger partial charge on any atom is -0.464 e. The van der Waals surface area contributed by atoms with Gasteiger partial charge in [-0.25, -0.2) is 0 Å². The van der Waals surface area contributed by atoms with Crippen LogP contribution in [0.15, 0.2) is 16.5 Å². The molecule has 1 aromatic heterocycles. The Kier molecular flexibility index (Phi) is 3.60. The van der Waals surface area contributed by atoms with Crippen molar-refractivity contribution >= 4 is 0 Å². The summed E-state index contributed by atoms with van der Waals surface area (Å²) in [4.78, 5) is 0. The first-order valence-corrected chi connectivity index (χ1v) is 4.38. The van der Waals surface area contributed by atoms with Gasteiger partial charge in [0, 0.05) is 6.42 Å². The quantitative estimate of drug-likeness (QED) is 0.721. The topological polar surface area (TPSA) is 33.4 Å². The Morgan fingerprint density at radius 3 is 2.85 bits per heavy atom. The van der Waals surface area contributed by atoms with Gasteiger partial charge in [0.2, 0.25) is 0 Å². The predicted molar refractivity (Wildman–Crippen MR) is 51.1 cm³/mol. The molecule has 0 aromatic carbocycles. The molecule has 0 saturated heterocycles. The molecule has 2 heteroatoms. The summed E-state index contributed by atoms with van der Waals surface area (Å²) in [7, 11) is 0. The molecule has 0 saturated carbocycles. The molecule has 1 rings (SSSR count). The summed E-state index contributed by atoms with van der Waals surface area (Å²) in [6.45, 7) is 3.66. The van der Waals surface area contributed by atoms with Crippen LogP contribution in [0.3, 0.4) is 0 Å². The highest BCUT2D eigenvalue weighted by atomic mass is 16.4. The molecule has 70 valence electrons. The number of aliphatic hydroxyl groups is 1. The van der Waals surface area contributed by atoms with Gasteiger partial charge >= 0.3 is 0 Å². The van der Waals surface area contributed by atoms with Crippen LogP contribution < -0.4 is 0 Å². The van der Waals surface area contributed by atoms with Gasteiger partial charge in [-0.15, -0.1) is 11.8 Å². The average Bonchev–Trinajstić information content (AvgIpc) is 2.52. The van der Waals surface area contributed by atoms with E-state index in [2.05, 4.69) is 11.8 Å².